The highest BCUT2D eigenvalue weighted by atomic mass is 35.5. The summed E-state index contributed by atoms with van der Waals surface area (Å²) >= 11 is 5.79. The van der Waals surface area contributed by atoms with Crippen LogP contribution >= 0.6 is 11.6 Å². The number of benzene rings is 2. The maximum absolute atomic E-state index is 12.9. The number of carbonyl (C=O) groups excluding carboxylic acids is 1. The molecular formula is C22H23ClN2O7S. The van der Waals surface area contributed by atoms with Crippen LogP contribution in [0.1, 0.15) is 5.56 Å². The molecule has 11 heteroatoms. The molecule has 2 aromatic carbocycles. The van der Waals surface area contributed by atoms with Crippen molar-refractivity contribution in [2.24, 2.45) is 0 Å². The van der Waals surface area contributed by atoms with Crippen LogP contribution in [-0.4, -0.2) is 57.4 Å². The minimum absolute atomic E-state index is 0.0561. The van der Waals surface area contributed by atoms with Gasteiger partial charge in [0.05, 0.1) is 11.4 Å². The van der Waals surface area contributed by atoms with Crippen molar-refractivity contribution in [1.82, 2.24) is 9.62 Å². The minimum atomic E-state index is -4.22. The molecule has 2 amide bonds. The Morgan fingerprint density at radius 1 is 1.15 bits per heavy atom. The zero-order valence-electron chi connectivity index (χ0n) is 17.7. The largest absolute Gasteiger partial charge is 0.468 e. The molecule has 0 aromatic heterocycles. The van der Waals surface area contributed by atoms with Crippen molar-refractivity contribution in [3.8, 4) is 5.75 Å². The van der Waals surface area contributed by atoms with E-state index in [1.165, 1.54) is 43.5 Å². The summed E-state index contributed by atoms with van der Waals surface area (Å²) in [5, 5.41) is 9.75. The Morgan fingerprint density at radius 2 is 1.79 bits per heavy atom. The van der Waals surface area contributed by atoms with E-state index >= 15 is 0 Å². The lowest BCUT2D eigenvalue weighted by Crippen LogP contribution is -2.38. The molecule has 0 unspecified atom stereocenters. The molecule has 2 aromatic rings. The van der Waals surface area contributed by atoms with E-state index in [-0.39, 0.29) is 30.4 Å². The highest BCUT2D eigenvalue weighted by molar-refractivity contribution is 7.90. The maximum atomic E-state index is 12.9. The average molecular weight is 495 g/mol. The molecule has 33 heavy (non-hydrogen) atoms. The Labute approximate surface area is 196 Å². The predicted molar refractivity (Wildman–Crippen MR) is 123 cm³/mol. The van der Waals surface area contributed by atoms with Gasteiger partial charge in [-0.3, -0.25) is 4.79 Å². The number of carbonyl (C=O) groups is 2. The fourth-order valence-corrected chi connectivity index (χ4v) is 3.72. The molecule has 0 aliphatic carbocycles. The number of carboxylic acid groups (broad SMARTS) is 1. The molecule has 0 heterocycles. The molecule has 0 saturated carbocycles. The van der Waals surface area contributed by atoms with Gasteiger partial charge in [-0.25, -0.2) is 17.9 Å². The lowest BCUT2D eigenvalue weighted by atomic mass is 10.1. The number of ether oxygens (including phenoxy) is 2. The molecule has 0 fully saturated rings. The number of hydrogen-bond donors (Lipinski definition) is 2. The third-order valence-electron chi connectivity index (χ3n) is 4.19. The number of amides is 2. The van der Waals surface area contributed by atoms with Crippen LogP contribution in [0.3, 0.4) is 0 Å². The summed E-state index contributed by atoms with van der Waals surface area (Å²) in [5.41, 5.74) is 0.431. The normalized spacial score (nSPS) is 11.5. The third kappa shape index (κ3) is 7.94. The summed E-state index contributed by atoms with van der Waals surface area (Å²) in [6, 6.07) is 11.8. The van der Waals surface area contributed by atoms with Crippen molar-refractivity contribution < 1.29 is 32.6 Å². The molecule has 0 spiro atoms. The van der Waals surface area contributed by atoms with Gasteiger partial charge in [0.15, 0.2) is 6.79 Å². The molecule has 0 bridgehead atoms. The number of rotatable bonds is 11. The molecular weight excluding hydrogens is 472 g/mol. The first kappa shape index (κ1) is 25.9. The fraction of sp³-hybridized carbons (Fsp3) is 0.182. The van der Waals surface area contributed by atoms with Gasteiger partial charge in [-0.15, -0.1) is 6.58 Å². The number of methoxy groups -OCH3 is 1. The van der Waals surface area contributed by atoms with Crippen molar-refractivity contribution in [3.05, 3.63) is 77.3 Å². The van der Waals surface area contributed by atoms with Crippen molar-refractivity contribution in [3.63, 3.8) is 0 Å². The van der Waals surface area contributed by atoms with E-state index in [2.05, 4.69) is 6.58 Å². The van der Waals surface area contributed by atoms with Crippen LogP contribution in [0.5, 0.6) is 5.75 Å². The van der Waals surface area contributed by atoms with Crippen LogP contribution in [0.25, 0.3) is 6.08 Å². The first-order valence-corrected chi connectivity index (χ1v) is 11.4. The topological polar surface area (TPSA) is 122 Å². The van der Waals surface area contributed by atoms with Gasteiger partial charge in [-0.05, 0) is 48.0 Å². The third-order valence-corrected chi connectivity index (χ3v) is 5.79. The minimum Gasteiger partial charge on any atom is -0.468 e. The summed E-state index contributed by atoms with van der Waals surface area (Å²) in [7, 11) is -2.73. The van der Waals surface area contributed by atoms with E-state index in [1.54, 1.807) is 24.3 Å². The number of nitrogens with zero attached hydrogens (tertiary/aromatic N) is 1. The molecule has 2 rings (SSSR count). The van der Waals surface area contributed by atoms with Crippen LogP contribution in [0.15, 0.2) is 71.7 Å². The highest BCUT2D eigenvalue weighted by Crippen LogP contribution is 2.17. The zero-order valence-corrected chi connectivity index (χ0v) is 19.3. The number of sulfonamides is 1. The molecule has 2 N–H and O–H groups in total. The Bertz CT molecular complexity index is 1110. The molecule has 0 atom stereocenters. The van der Waals surface area contributed by atoms with Gasteiger partial charge >= 0.3 is 6.09 Å². The Morgan fingerprint density at radius 3 is 2.33 bits per heavy atom. The van der Waals surface area contributed by atoms with Crippen LogP contribution in [0, 0.1) is 0 Å². The standard InChI is InChI=1S/C22H23ClN2O7S/c1-3-12-25(22(27)28)14-17(13-16-4-8-19(9-5-16)32-15-31-2)21(26)24-33(29,30)20-10-6-18(23)7-11-20/h3-11,13H,1,12,14-15H2,2H3,(H,24,26)(H,27,28)/b17-13+. The summed E-state index contributed by atoms with van der Waals surface area (Å²) in [4.78, 5) is 25.2. The lowest BCUT2D eigenvalue weighted by Gasteiger charge is -2.19. The smallest absolute Gasteiger partial charge is 0.407 e. The second-order valence-corrected chi connectivity index (χ2v) is 8.75. The highest BCUT2D eigenvalue weighted by Gasteiger charge is 2.23. The summed E-state index contributed by atoms with van der Waals surface area (Å²) in [5.74, 6) is -0.455. The van der Waals surface area contributed by atoms with Crippen LogP contribution in [0.2, 0.25) is 5.02 Å². The van der Waals surface area contributed by atoms with E-state index in [1.807, 2.05) is 4.72 Å². The molecule has 0 aliphatic rings. The summed E-state index contributed by atoms with van der Waals surface area (Å²) in [6.07, 6.45) is 1.46. The Kier molecular flexibility index (Phi) is 9.46. The molecule has 9 nitrogen and oxygen atoms in total. The monoisotopic (exact) mass is 494 g/mol. The molecule has 0 aliphatic heterocycles. The van der Waals surface area contributed by atoms with Crippen LogP contribution < -0.4 is 9.46 Å². The fourth-order valence-electron chi connectivity index (χ4n) is 2.60. The number of hydrogen-bond acceptors (Lipinski definition) is 6. The average Bonchev–Trinajstić information content (AvgIpc) is 2.77. The van der Waals surface area contributed by atoms with E-state index < -0.39 is 22.0 Å². The molecule has 0 radical (unpaired) electrons. The van der Waals surface area contributed by atoms with Gasteiger partial charge < -0.3 is 19.5 Å². The number of nitrogens with one attached hydrogen (secondary N) is 1. The lowest BCUT2D eigenvalue weighted by molar-refractivity contribution is -0.115. The Balaban J connectivity index is 2.35. The SMILES string of the molecule is C=CCN(C/C(=C\c1ccc(OCOC)cc1)C(=O)NS(=O)(=O)c1ccc(Cl)cc1)C(=O)O. The number of halogens is 1. The summed E-state index contributed by atoms with van der Waals surface area (Å²) in [6.45, 7) is 3.13. The van der Waals surface area contributed by atoms with E-state index in [9.17, 15) is 23.1 Å². The predicted octanol–water partition coefficient (Wildman–Crippen LogP) is 3.38. The van der Waals surface area contributed by atoms with Gasteiger partial charge in [0.1, 0.15) is 5.75 Å². The quantitative estimate of drug-likeness (QED) is 0.279. The second kappa shape index (κ2) is 12.0. The van der Waals surface area contributed by atoms with E-state index in [0.29, 0.717) is 16.3 Å². The van der Waals surface area contributed by atoms with Gasteiger partial charge in [0, 0.05) is 24.3 Å². The van der Waals surface area contributed by atoms with Crippen molar-refractivity contribution in [1.29, 1.82) is 0 Å². The zero-order chi connectivity index (χ0) is 24.4. The van der Waals surface area contributed by atoms with Gasteiger partial charge in [-0.1, -0.05) is 29.8 Å². The van der Waals surface area contributed by atoms with Crippen LogP contribution in [-0.2, 0) is 19.6 Å². The first-order chi connectivity index (χ1) is 15.7. The van der Waals surface area contributed by atoms with Gasteiger partial charge in [0.2, 0.25) is 0 Å². The van der Waals surface area contributed by atoms with Crippen molar-refractivity contribution in [2.75, 3.05) is 27.0 Å². The van der Waals surface area contributed by atoms with E-state index in [0.717, 1.165) is 4.90 Å². The summed E-state index contributed by atoms with van der Waals surface area (Å²) < 4.78 is 37.4. The van der Waals surface area contributed by atoms with Crippen LogP contribution in [0.4, 0.5) is 4.79 Å². The second-order valence-electron chi connectivity index (χ2n) is 6.63. The first-order valence-electron chi connectivity index (χ1n) is 9.50. The maximum Gasteiger partial charge on any atom is 0.407 e. The van der Waals surface area contributed by atoms with Gasteiger partial charge in [-0.2, -0.15) is 0 Å². The molecule has 0 saturated heterocycles. The van der Waals surface area contributed by atoms with Gasteiger partial charge in [0.25, 0.3) is 15.9 Å². The van der Waals surface area contributed by atoms with Crippen molar-refractivity contribution >= 4 is 39.7 Å². The molecule has 176 valence electrons. The van der Waals surface area contributed by atoms with Crippen molar-refractivity contribution in [2.45, 2.75) is 4.90 Å². The van der Waals surface area contributed by atoms with E-state index in [4.69, 9.17) is 21.1 Å². The Hall–Kier alpha value is -3.34.